The van der Waals surface area contributed by atoms with Gasteiger partial charge in [-0.15, -0.1) is 0 Å². The Hall–Kier alpha value is -2.69. The van der Waals surface area contributed by atoms with E-state index in [1.807, 2.05) is 49.5 Å². The number of rotatable bonds is 4. The maximum Gasteiger partial charge on any atom is 0.227 e. The largest absolute Gasteiger partial charge is 0.324 e. The Balaban J connectivity index is 1.67. The fourth-order valence-corrected chi connectivity index (χ4v) is 2.65. The molecular weight excluding hydrogens is 274 g/mol. The van der Waals surface area contributed by atoms with Crippen molar-refractivity contribution in [3.05, 3.63) is 54.6 Å². The van der Waals surface area contributed by atoms with Gasteiger partial charge in [0.05, 0.1) is 17.6 Å². The number of hydrogen-bond acceptors (Lipinski definition) is 4. The van der Waals surface area contributed by atoms with Crippen LogP contribution in [-0.4, -0.2) is 19.5 Å². The minimum Gasteiger partial charge on any atom is -0.324 e. The van der Waals surface area contributed by atoms with E-state index < -0.39 is 0 Å². The van der Waals surface area contributed by atoms with Crippen molar-refractivity contribution in [2.24, 2.45) is 0 Å². The number of imidazole rings is 1. The highest BCUT2D eigenvalue weighted by atomic mass is 15.2. The number of hydrogen-bond donors (Lipinski definition) is 1. The monoisotopic (exact) mass is 291 g/mol. The minimum absolute atomic E-state index is 0.581. The maximum absolute atomic E-state index is 4.64. The van der Waals surface area contributed by atoms with E-state index >= 15 is 0 Å². The molecule has 0 radical (unpaired) electrons. The highest BCUT2D eigenvalue weighted by Crippen LogP contribution is 2.39. The molecule has 5 heteroatoms. The quantitative estimate of drug-likeness (QED) is 0.796. The molecule has 0 unspecified atom stereocenters. The van der Waals surface area contributed by atoms with E-state index in [1.54, 1.807) is 6.20 Å². The second kappa shape index (κ2) is 5.26. The molecule has 22 heavy (non-hydrogen) atoms. The number of nitrogens with one attached hydrogen (secondary N) is 1. The molecule has 1 N–H and O–H groups in total. The lowest BCUT2D eigenvalue weighted by Crippen LogP contribution is -2.02. The van der Waals surface area contributed by atoms with Crippen LogP contribution in [-0.2, 0) is 0 Å². The predicted molar refractivity (Wildman–Crippen MR) is 86.0 cm³/mol. The van der Waals surface area contributed by atoms with Crippen LogP contribution in [0.25, 0.3) is 11.4 Å². The summed E-state index contributed by atoms with van der Waals surface area (Å²) in [6.07, 6.45) is 6.14. The Morgan fingerprint density at radius 3 is 2.68 bits per heavy atom. The van der Waals surface area contributed by atoms with Gasteiger partial charge in [-0.05, 0) is 38.0 Å². The molecule has 2 heterocycles. The second-order valence-corrected chi connectivity index (χ2v) is 5.55. The van der Waals surface area contributed by atoms with Crippen molar-refractivity contribution in [3.63, 3.8) is 0 Å². The molecule has 1 aromatic carbocycles. The number of aromatic nitrogens is 4. The third-order valence-electron chi connectivity index (χ3n) is 3.84. The second-order valence-electron chi connectivity index (χ2n) is 5.55. The first-order valence-corrected chi connectivity index (χ1v) is 7.50. The summed E-state index contributed by atoms with van der Waals surface area (Å²) >= 11 is 0. The Morgan fingerprint density at radius 1 is 1.09 bits per heavy atom. The van der Waals surface area contributed by atoms with Gasteiger partial charge in [0.1, 0.15) is 5.82 Å². The molecule has 0 spiro atoms. The van der Waals surface area contributed by atoms with Gasteiger partial charge >= 0.3 is 0 Å². The Kier molecular flexibility index (Phi) is 3.11. The Bertz CT molecular complexity index is 790. The maximum atomic E-state index is 4.64. The van der Waals surface area contributed by atoms with E-state index in [-0.39, 0.29) is 0 Å². The van der Waals surface area contributed by atoms with Gasteiger partial charge in [0.15, 0.2) is 0 Å². The van der Waals surface area contributed by atoms with Crippen molar-refractivity contribution in [1.29, 1.82) is 0 Å². The zero-order valence-corrected chi connectivity index (χ0v) is 12.4. The van der Waals surface area contributed by atoms with Gasteiger partial charge in [-0.3, -0.25) is 0 Å². The molecule has 0 saturated heterocycles. The molecule has 0 atom stereocenters. The van der Waals surface area contributed by atoms with Gasteiger partial charge in [0, 0.05) is 17.9 Å². The number of anilines is 2. The molecule has 2 aromatic heterocycles. The van der Waals surface area contributed by atoms with Crippen LogP contribution in [0.4, 0.5) is 11.6 Å². The number of aryl methyl sites for hydroxylation is 1. The highest BCUT2D eigenvalue weighted by Gasteiger charge is 2.28. The lowest BCUT2D eigenvalue weighted by atomic mass is 10.3. The first-order valence-electron chi connectivity index (χ1n) is 7.50. The molecule has 1 aliphatic carbocycles. The van der Waals surface area contributed by atoms with Crippen molar-refractivity contribution in [2.75, 3.05) is 5.32 Å². The van der Waals surface area contributed by atoms with Crippen molar-refractivity contribution in [3.8, 4) is 11.4 Å². The van der Waals surface area contributed by atoms with Crippen LogP contribution in [0.1, 0.15) is 24.7 Å². The van der Waals surface area contributed by atoms with Crippen LogP contribution in [0.15, 0.2) is 48.8 Å². The average molecular weight is 291 g/mol. The van der Waals surface area contributed by atoms with E-state index in [0.717, 1.165) is 22.9 Å². The fourth-order valence-electron chi connectivity index (χ4n) is 2.65. The van der Waals surface area contributed by atoms with Crippen LogP contribution >= 0.6 is 0 Å². The van der Waals surface area contributed by atoms with Crippen LogP contribution in [0.3, 0.4) is 0 Å². The van der Waals surface area contributed by atoms with Crippen molar-refractivity contribution in [1.82, 2.24) is 19.5 Å². The smallest absolute Gasteiger partial charge is 0.227 e. The van der Waals surface area contributed by atoms with Crippen LogP contribution in [0, 0.1) is 6.92 Å². The van der Waals surface area contributed by atoms with Gasteiger partial charge in [-0.2, -0.15) is 0 Å². The molecule has 0 aliphatic heterocycles. The standard InChI is InChI=1S/C17H17N5/c1-12-19-11-16(22(12)14-7-8-14)15-9-10-18-17(21-15)20-13-5-3-2-4-6-13/h2-6,9-11,14H,7-8H2,1H3,(H,18,20,21). The summed E-state index contributed by atoms with van der Waals surface area (Å²) in [6.45, 7) is 2.05. The lowest BCUT2D eigenvalue weighted by molar-refractivity contribution is 0.716. The van der Waals surface area contributed by atoms with Gasteiger partial charge in [0.2, 0.25) is 5.95 Å². The summed E-state index contributed by atoms with van der Waals surface area (Å²) < 4.78 is 2.29. The predicted octanol–water partition coefficient (Wildman–Crippen LogP) is 3.73. The first kappa shape index (κ1) is 13.0. The average Bonchev–Trinajstić information content (AvgIpc) is 3.31. The molecule has 1 saturated carbocycles. The summed E-state index contributed by atoms with van der Waals surface area (Å²) in [7, 11) is 0. The third kappa shape index (κ3) is 2.45. The van der Waals surface area contributed by atoms with E-state index in [4.69, 9.17) is 0 Å². The molecule has 1 fully saturated rings. The van der Waals surface area contributed by atoms with Gasteiger partial charge < -0.3 is 9.88 Å². The SMILES string of the molecule is Cc1ncc(-c2ccnc(Nc3ccccc3)n2)n1C1CC1. The van der Waals surface area contributed by atoms with Crippen LogP contribution in [0.5, 0.6) is 0 Å². The molecule has 1 aliphatic rings. The highest BCUT2D eigenvalue weighted by molar-refractivity contribution is 5.59. The summed E-state index contributed by atoms with van der Waals surface area (Å²) in [5.41, 5.74) is 2.95. The zero-order chi connectivity index (χ0) is 14.9. The van der Waals surface area contributed by atoms with E-state index in [2.05, 4.69) is 24.8 Å². The van der Waals surface area contributed by atoms with Crippen LogP contribution < -0.4 is 5.32 Å². The summed E-state index contributed by atoms with van der Waals surface area (Å²) in [6, 6.07) is 12.5. The molecule has 0 bridgehead atoms. The first-order chi connectivity index (χ1) is 10.8. The lowest BCUT2D eigenvalue weighted by Gasteiger charge is -2.10. The summed E-state index contributed by atoms with van der Waals surface area (Å²) in [5, 5.41) is 3.23. The van der Waals surface area contributed by atoms with Gasteiger partial charge in [0.25, 0.3) is 0 Å². The van der Waals surface area contributed by atoms with Gasteiger partial charge in [-0.1, -0.05) is 18.2 Å². The Labute approximate surface area is 129 Å². The zero-order valence-electron chi connectivity index (χ0n) is 12.4. The van der Waals surface area contributed by atoms with E-state index in [1.165, 1.54) is 12.8 Å². The van der Waals surface area contributed by atoms with Crippen molar-refractivity contribution >= 4 is 11.6 Å². The molecule has 5 nitrogen and oxygen atoms in total. The van der Waals surface area contributed by atoms with Crippen molar-refractivity contribution < 1.29 is 0 Å². The fraction of sp³-hybridized carbons (Fsp3) is 0.235. The Morgan fingerprint density at radius 2 is 1.91 bits per heavy atom. The number of para-hydroxylation sites is 1. The van der Waals surface area contributed by atoms with Crippen LogP contribution in [0.2, 0.25) is 0 Å². The molecule has 0 amide bonds. The van der Waals surface area contributed by atoms with E-state index in [9.17, 15) is 0 Å². The van der Waals surface area contributed by atoms with Crippen molar-refractivity contribution in [2.45, 2.75) is 25.8 Å². The summed E-state index contributed by atoms with van der Waals surface area (Å²) in [4.78, 5) is 13.4. The normalized spacial score (nSPS) is 14.0. The molecule has 4 rings (SSSR count). The molecule has 3 aromatic rings. The minimum atomic E-state index is 0.581. The number of benzene rings is 1. The third-order valence-corrected chi connectivity index (χ3v) is 3.84. The van der Waals surface area contributed by atoms with Gasteiger partial charge in [-0.25, -0.2) is 15.0 Å². The van der Waals surface area contributed by atoms with E-state index in [0.29, 0.717) is 12.0 Å². The summed E-state index contributed by atoms with van der Waals surface area (Å²) in [5.74, 6) is 1.65. The molecular formula is C17H17N5. The molecule has 110 valence electrons. The number of nitrogens with zero attached hydrogens (tertiary/aromatic N) is 4. The topological polar surface area (TPSA) is 55.6 Å².